The fraction of sp³-hybridized carbons (Fsp3) is 0.769. The molecule has 0 aromatic carbocycles. The maximum atomic E-state index is 11.6. The molecule has 1 rings (SSSR count). The average molecular weight is 270 g/mol. The zero-order valence-corrected chi connectivity index (χ0v) is 11.1. The summed E-state index contributed by atoms with van der Waals surface area (Å²) < 4.78 is 0. The van der Waals surface area contributed by atoms with E-state index in [0.29, 0.717) is 0 Å². The Morgan fingerprint density at radius 3 is 2.21 bits per heavy atom. The van der Waals surface area contributed by atoms with Crippen LogP contribution in [0.25, 0.3) is 0 Å². The fourth-order valence-corrected chi connectivity index (χ4v) is 2.23. The number of rotatable bonds is 5. The zero-order chi connectivity index (χ0) is 14.1. The second-order valence-electron chi connectivity index (χ2n) is 4.96. The number of hydrogen-bond donors (Lipinski definition) is 3. The van der Waals surface area contributed by atoms with Crippen LogP contribution in [0.5, 0.6) is 0 Å². The van der Waals surface area contributed by atoms with Crippen LogP contribution in [-0.2, 0) is 9.59 Å². The van der Waals surface area contributed by atoms with Gasteiger partial charge in [0.05, 0.1) is 0 Å². The highest BCUT2D eigenvalue weighted by Crippen LogP contribution is 2.16. The number of urea groups is 1. The Morgan fingerprint density at radius 2 is 1.63 bits per heavy atom. The topological polar surface area (TPSA) is 95.5 Å². The molecule has 0 radical (unpaired) electrons. The number of carbonyl (C=O) groups is 3. The number of nitrogens with one attached hydrogen (secondary N) is 2. The second kappa shape index (κ2) is 8.50. The van der Waals surface area contributed by atoms with Crippen LogP contribution in [0, 0.1) is 0 Å². The van der Waals surface area contributed by atoms with Gasteiger partial charge in [-0.2, -0.15) is 0 Å². The van der Waals surface area contributed by atoms with Crippen molar-refractivity contribution >= 4 is 17.9 Å². The number of carboxylic acid groups (broad SMARTS) is 1. The van der Waals surface area contributed by atoms with Crippen molar-refractivity contribution in [1.82, 2.24) is 10.6 Å². The van der Waals surface area contributed by atoms with Gasteiger partial charge >= 0.3 is 12.0 Å². The van der Waals surface area contributed by atoms with Crippen molar-refractivity contribution in [2.24, 2.45) is 0 Å². The Balaban J connectivity index is 2.18. The summed E-state index contributed by atoms with van der Waals surface area (Å²) in [5.74, 6) is -1.36. The van der Waals surface area contributed by atoms with Crippen LogP contribution in [0.2, 0.25) is 0 Å². The van der Waals surface area contributed by atoms with Gasteiger partial charge < -0.3 is 10.4 Å². The predicted octanol–water partition coefficient (Wildman–Crippen LogP) is 1.79. The summed E-state index contributed by atoms with van der Waals surface area (Å²) >= 11 is 0. The van der Waals surface area contributed by atoms with Gasteiger partial charge in [-0.15, -0.1) is 0 Å². The highest BCUT2D eigenvalue weighted by Gasteiger charge is 2.16. The third kappa shape index (κ3) is 7.43. The lowest BCUT2D eigenvalue weighted by Crippen LogP contribution is -2.44. The van der Waals surface area contributed by atoms with Crippen LogP contribution < -0.4 is 10.6 Å². The SMILES string of the molecule is O=C(O)CCCC(=O)NC(=O)NC1CCCCCC1. The van der Waals surface area contributed by atoms with E-state index in [2.05, 4.69) is 10.6 Å². The molecule has 1 aliphatic carbocycles. The minimum atomic E-state index is -0.935. The highest BCUT2D eigenvalue weighted by atomic mass is 16.4. The molecule has 3 N–H and O–H groups in total. The summed E-state index contributed by atoms with van der Waals surface area (Å²) in [6.45, 7) is 0. The van der Waals surface area contributed by atoms with Gasteiger partial charge in [0, 0.05) is 18.9 Å². The molecule has 0 aromatic heterocycles. The molecule has 0 bridgehead atoms. The van der Waals surface area contributed by atoms with Crippen molar-refractivity contribution in [3.8, 4) is 0 Å². The van der Waals surface area contributed by atoms with Crippen LogP contribution >= 0.6 is 0 Å². The van der Waals surface area contributed by atoms with E-state index in [1.807, 2.05) is 0 Å². The minimum absolute atomic E-state index is 0.0579. The molecule has 1 aliphatic rings. The Morgan fingerprint density at radius 1 is 1.00 bits per heavy atom. The molecule has 0 unspecified atom stereocenters. The molecule has 0 heterocycles. The predicted molar refractivity (Wildman–Crippen MR) is 69.7 cm³/mol. The van der Waals surface area contributed by atoms with Gasteiger partial charge in [0.15, 0.2) is 0 Å². The van der Waals surface area contributed by atoms with Crippen molar-refractivity contribution in [1.29, 1.82) is 0 Å². The normalized spacial score (nSPS) is 16.4. The first-order chi connectivity index (χ1) is 9.08. The lowest BCUT2D eigenvalue weighted by Gasteiger charge is -2.16. The summed E-state index contributed by atoms with van der Waals surface area (Å²) in [6, 6.07) is -0.318. The van der Waals surface area contributed by atoms with E-state index in [1.54, 1.807) is 0 Å². The molecular formula is C13H22N2O4. The lowest BCUT2D eigenvalue weighted by molar-refractivity contribution is -0.137. The molecular weight excluding hydrogens is 248 g/mol. The molecule has 19 heavy (non-hydrogen) atoms. The average Bonchev–Trinajstić information content (AvgIpc) is 2.56. The minimum Gasteiger partial charge on any atom is -0.481 e. The zero-order valence-electron chi connectivity index (χ0n) is 11.1. The monoisotopic (exact) mass is 270 g/mol. The first kappa shape index (κ1) is 15.5. The maximum Gasteiger partial charge on any atom is 0.321 e. The van der Waals surface area contributed by atoms with Crippen molar-refractivity contribution < 1.29 is 19.5 Å². The number of hydrogen-bond acceptors (Lipinski definition) is 3. The van der Waals surface area contributed by atoms with Crippen molar-refractivity contribution in [3.63, 3.8) is 0 Å². The van der Waals surface area contributed by atoms with Gasteiger partial charge in [-0.1, -0.05) is 25.7 Å². The van der Waals surface area contributed by atoms with Crippen LogP contribution in [0.4, 0.5) is 4.79 Å². The largest absolute Gasteiger partial charge is 0.481 e. The molecule has 0 aromatic rings. The van der Waals surface area contributed by atoms with Crippen molar-refractivity contribution in [2.75, 3.05) is 0 Å². The van der Waals surface area contributed by atoms with Gasteiger partial charge in [0.2, 0.25) is 5.91 Å². The molecule has 6 nitrogen and oxygen atoms in total. The van der Waals surface area contributed by atoms with E-state index in [1.165, 1.54) is 12.8 Å². The summed E-state index contributed by atoms with van der Waals surface area (Å²) in [6.07, 6.45) is 6.79. The van der Waals surface area contributed by atoms with Crippen molar-refractivity contribution in [2.45, 2.75) is 63.8 Å². The summed E-state index contributed by atoms with van der Waals surface area (Å²) in [5.41, 5.74) is 0. The van der Waals surface area contributed by atoms with E-state index in [0.717, 1.165) is 25.7 Å². The third-order valence-corrected chi connectivity index (χ3v) is 3.24. The summed E-state index contributed by atoms with van der Waals surface area (Å²) in [4.78, 5) is 33.2. The molecule has 0 saturated heterocycles. The molecule has 6 heteroatoms. The van der Waals surface area contributed by atoms with Gasteiger partial charge in [-0.05, 0) is 19.3 Å². The van der Waals surface area contributed by atoms with Gasteiger partial charge in [0.25, 0.3) is 0 Å². The molecule has 0 aliphatic heterocycles. The standard InChI is InChI=1S/C13H22N2O4/c16-11(8-5-9-12(17)18)15-13(19)14-10-6-3-1-2-4-7-10/h10H,1-9H2,(H,17,18)(H2,14,15,16,19). The molecule has 108 valence electrons. The summed E-state index contributed by atoms with van der Waals surface area (Å²) in [7, 11) is 0. The first-order valence-electron chi connectivity index (χ1n) is 6.90. The Kier molecular flexibility index (Phi) is 6.92. The van der Waals surface area contributed by atoms with Crippen LogP contribution in [0.15, 0.2) is 0 Å². The van der Waals surface area contributed by atoms with Crippen LogP contribution in [-0.4, -0.2) is 29.1 Å². The fourth-order valence-electron chi connectivity index (χ4n) is 2.23. The van der Waals surface area contributed by atoms with E-state index < -0.39 is 17.9 Å². The number of imide groups is 1. The van der Waals surface area contributed by atoms with Crippen molar-refractivity contribution in [3.05, 3.63) is 0 Å². The molecule has 1 saturated carbocycles. The maximum absolute atomic E-state index is 11.6. The molecule has 0 atom stereocenters. The van der Waals surface area contributed by atoms with Gasteiger partial charge in [-0.3, -0.25) is 14.9 Å². The van der Waals surface area contributed by atoms with E-state index in [9.17, 15) is 14.4 Å². The van der Waals surface area contributed by atoms with Crippen LogP contribution in [0.1, 0.15) is 57.8 Å². The number of aliphatic carboxylic acids is 1. The number of amides is 3. The first-order valence-corrected chi connectivity index (χ1v) is 6.90. The van der Waals surface area contributed by atoms with Crippen LogP contribution in [0.3, 0.4) is 0 Å². The van der Waals surface area contributed by atoms with E-state index >= 15 is 0 Å². The highest BCUT2D eigenvalue weighted by molar-refractivity contribution is 5.94. The third-order valence-electron chi connectivity index (χ3n) is 3.24. The van der Waals surface area contributed by atoms with Gasteiger partial charge in [0.1, 0.15) is 0 Å². The Bertz CT molecular complexity index is 323. The quantitative estimate of drug-likeness (QED) is 0.664. The lowest BCUT2D eigenvalue weighted by atomic mass is 10.1. The van der Waals surface area contributed by atoms with Gasteiger partial charge in [-0.25, -0.2) is 4.79 Å². The number of carbonyl (C=O) groups excluding carboxylic acids is 2. The Labute approximate surface area is 112 Å². The number of carboxylic acids is 1. The molecule has 0 spiro atoms. The van der Waals surface area contributed by atoms with E-state index in [-0.39, 0.29) is 25.3 Å². The molecule has 3 amide bonds. The molecule has 1 fully saturated rings. The smallest absolute Gasteiger partial charge is 0.321 e. The van der Waals surface area contributed by atoms with E-state index in [4.69, 9.17) is 5.11 Å². The second-order valence-corrected chi connectivity index (χ2v) is 4.96. The Hall–Kier alpha value is -1.59. The summed E-state index contributed by atoms with van der Waals surface area (Å²) in [5, 5.41) is 13.5.